The summed E-state index contributed by atoms with van der Waals surface area (Å²) in [5.74, 6) is -0.649. The van der Waals surface area contributed by atoms with Crippen molar-refractivity contribution in [1.29, 1.82) is 0 Å². The van der Waals surface area contributed by atoms with Crippen LogP contribution in [0.3, 0.4) is 0 Å². The topological polar surface area (TPSA) is 34.1 Å². The van der Waals surface area contributed by atoms with Crippen LogP contribution in [0.2, 0.25) is 5.02 Å². The Hall–Kier alpha value is -0.320. The predicted octanol–water partition coefficient (Wildman–Crippen LogP) is 2.72. The Kier molecular flexibility index (Phi) is 2.85. The molecular formula is C7H5Cl2FO2S. The molecule has 72 valence electrons. The standard InChI is InChI=1S/C7H5Cl2FO2S/c1-4-6(10)3-2-5(8)7(4)13(9,11)12/h2-3H,1H3. The van der Waals surface area contributed by atoms with E-state index in [0.29, 0.717) is 0 Å². The zero-order valence-corrected chi connectivity index (χ0v) is 8.84. The van der Waals surface area contributed by atoms with Crippen LogP contribution in [-0.2, 0) is 9.05 Å². The second-order valence-electron chi connectivity index (χ2n) is 2.42. The number of hydrogen-bond acceptors (Lipinski definition) is 2. The van der Waals surface area contributed by atoms with Gasteiger partial charge in [-0.15, -0.1) is 0 Å². The van der Waals surface area contributed by atoms with Gasteiger partial charge in [0.25, 0.3) is 9.05 Å². The third-order valence-corrected chi connectivity index (χ3v) is 3.44. The van der Waals surface area contributed by atoms with Crippen molar-refractivity contribution in [3.63, 3.8) is 0 Å². The average molecular weight is 243 g/mol. The van der Waals surface area contributed by atoms with E-state index >= 15 is 0 Å². The number of halogens is 3. The fourth-order valence-corrected chi connectivity index (χ4v) is 2.92. The van der Waals surface area contributed by atoms with Crippen molar-refractivity contribution in [3.05, 3.63) is 28.5 Å². The normalized spacial score (nSPS) is 11.7. The molecule has 0 aliphatic rings. The zero-order valence-electron chi connectivity index (χ0n) is 6.51. The molecule has 0 unspecified atom stereocenters. The Morgan fingerprint density at radius 1 is 1.38 bits per heavy atom. The summed E-state index contributed by atoms with van der Waals surface area (Å²) >= 11 is 5.56. The van der Waals surface area contributed by atoms with Crippen LogP contribution < -0.4 is 0 Å². The average Bonchev–Trinajstić information content (AvgIpc) is 1.95. The highest BCUT2D eigenvalue weighted by molar-refractivity contribution is 8.13. The van der Waals surface area contributed by atoms with Crippen LogP contribution in [0.25, 0.3) is 0 Å². The maximum atomic E-state index is 12.9. The molecule has 0 aliphatic heterocycles. The molecular weight excluding hydrogens is 238 g/mol. The first-order valence-electron chi connectivity index (χ1n) is 3.23. The van der Waals surface area contributed by atoms with Gasteiger partial charge in [0.2, 0.25) is 0 Å². The van der Waals surface area contributed by atoms with Gasteiger partial charge in [-0.05, 0) is 19.1 Å². The second kappa shape index (κ2) is 3.44. The first kappa shape index (κ1) is 10.8. The number of hydrogen-bond donors (Lipinski definition) is 0. The van der Waals surface area contributed by atoms with Crippen molar-refractivity contribution in [2.75, 3.05) is 0 Å². The highest BCUT2D eigenvalue weighted by atomic mass is 35.7. The SMILES string of the molecule is Cc1c(F)ccc(Cl)c1S(=O)(=O)Cl. The first-order valence-corrected chi connectivity index (χ1v) is 5.92. The molecule has 0 saturated carbocycles. The first-order chi connectivity index (χ1) is 5.84. The van der Waals surface area contributed by atoms with Crippen molar-refractivity contribution < 1.29 is 12.8 Å². The van der Waals surface area contributed by atoms with Crippen LogP contribution in [0.5, 0.6) is 0 Å². The molecule has 0 bridgehead atoms. The largest absolute Gasteiger partial charge is 0.263 e. The van der Waals surface area contributed by atoms with Gasteiger partial charge in [0.05, 0.1) is 5.02 Å². The van der Waals surface area contributed by atoms with Gasteiger partial charge < -0.3 is 0 Å². The fourth-order valence-electron chi connectivity index (χ4n) is 0.934. The van der Waals surface area contributed by atoms with Crippen LogP contribution in [0, 0.1) is 12.7 Å². The van der Waals surface area contributed by atoms with Gasteiger partial charge in [-0.3, -0.25) is 0 Å². The summed E-state index contributed by atoms with van der Waals surface area (Å²) in [5.41, 5.74) is -0.0671. The summed E-state index contributed by atoms with van der Waals surface area (Å²) in [6.45, 7) is 1.30. The Morgan fingerprint density at radius 2 is 1.92 bits per heavy atom. The minimum Gasteiger partial charge on any atom is -0.207 e. The van der Waals surface area contributed by atoms with Crippen molar-refractivity contribution in [3.8, 4) is 0 Å². The zero-order chi connectivity index (χ0) is 10.2. The molecule has 0 radical (unpaired) electrons. The molecule has 0 N–H and O–H groups in total. The Balaban J connectivity index is 3.62. The Bertz CT molecular complexity index is 442. The van der Waals surface area contributed by atoms with E-state index in [0.717, 1.165) is 12.1 Å². The maximum absolute atomic E-state index is 12.9. The van der Waals surface area contributed by atoms with Crippen LogP contribution in [0.4, 0.5) is 4.39 Å². The minimum absolute atomic E-state index is 0.0671. The van der Waals surface area contributed by atoms with E-state index < -0.39 is 14.9 Å². The van der Waals surface area contributed by atoms with E-state index in [2.05, 4.69) is 0 Å². The van der Waals surface area contributed by atoms with Crippen molar-refractivity contribution in [2.24, 2.45) is 0 Å². The number of benzene rings is 1. The summed E-state index contributed by atoms with van der Waals surface area (Å²) in [6, 6.07) is 2.24. The van der Waals surface area contributed by atoms with Gasteiger partial charge in [0.15, 0.2) is 0 Å². The fraction of sp³-hybridized carbons (Fsp3) is 0.143. The molecule has 13 heavy (non-hydrogen) atoms. The quantitative estimate of drug-likeness (QED) is 0.710. The van der Waals surface area contributed by atoms with Gasteiger partial charge in [0.1, 0.15) is 10.7 Å². The lowest BCUT2D eigenvalue weighted by atomic mass is 10.2. The summed E-state index contributed by atoms with van der Waals surface area (Å²) in [7, 11) is 1.08. The highest BCUT2D eigenvalue weighted by Gasteiger charge is 2.19. The summed E-state index contributed by atoms with van der Waals surface area (Å²) in [6.07, 6.45) is 0. The van der Waals surface area contributed by atoms with Crippen LogP contribution >= 0.6 is 22.3 Å². The third-order valence-electron chi connectivity index (χ3n) is 1.54. The molecule has 0 aliphatic carbocycles. The van der Waals surface area contributed by atoms with E-state index in [1.165, 1.54) is 6.92 Å². The molecule has 1 aromatic carbocycles. The monoisotopic (exact) mass is 242 g/mol. The maximum Gasteiger partial charge on any atom is 0.263 e. The lowest BCUT2D eigenvalue weighted by Gasteiger charge is -2.04. The van der Waals surface area contributed by atoms with E-state index in [9.17, 15) is 12.8 Å². The van der Waals surface area contributed by atoms with Crippen molar-refractivity contribution >= 4 is 31.3 Å². The summed E-state index contributed by atoms with van der Waals surface area (Å²) < 4.78 is 34.8. The molecule has 0 spiro atoms. The molecule has 0 aromatic heterocycles. The summed E-state index contributed by atoms with van der Waals surface area (Å²) in [5, 5.41) is -0.0751. The lowest BCUT2D eigenvalue weighted by molar-refractivity contribution is 0.596. The molecule has 2 nitrogen and oxygen atoms in total. The van der Waals surface area contributed by atoms with Crippen molar-refractivity contribution in [1.82, 2.24) is 0 Å². The molecule has 0 heterocycles. The molecule has 0 amide bonds. The van der Waals surface area contributed by atoms with Gasteiger partial charge >= 0.3 is 0 Å². The molecule has 6 heteroatoms. The highest BCUT2D eigenvalue weighted by Crippen LogP contribution is 2.29. The van der Waals surface area contributed by atoms with Crippen molar-refractivity contribution in [2.45, 2.75) is 11.8 Å². The Morgan fingerprint density at radius 3 is 2.31 bits per heavy atom. The molecule has 0 fully saturated rings. The predicted molar refractivity (Wildman–Crippen MR) is 49.2 cm³/mol. The molecule has 1 aromatic rings. The van der Waals surface area contributed by atoms with Crippen LogP contribution in [0.15, 0.2) is 17.0 Å². The smallest absolute Gasteiger partial charge is 0.207 e. The van der Waals surface area contributed by atoms with E-state index in [-0.39, 0.29) is 15.5 Å². The van der Waals surface area contributed by atoms with E-state index in [1.54, 1.807) is 0 Å². The number of rotatable bonds is 1. The minimum atomic E-state index is -3.99. The van der Waals surface area contributed by atoms with Gasteiger partial charge in [-0.25, -0.2) is 12.8 Å². The third kappa shape index (κ3) is 2.13. The van der Waals surface area contributed by atoms with Crippen LogP contribution in [0.1, 0.15) is 5.56 Å². The van der Waals surface area contributed by atoms with E-state index in [4.69, 9.17) is 22.3 Å². The molecule has 1 rings (SSSR count). The van der Waals surface area contributed by atoms with E-state index in [1.807, 2.05) is 0 Å². The van der Waals surface area contributed by atoms with Gasteiger partial charge in [0, 0.05) is 16.2 Å². The second-order valence-corrected chi connectivity index (χ2v) is 5.33. The molecule has 0 atom stereocenters. The Labute approximate surface area is 84.7 Å². The molecule has 0 saturated heterocycles. The van der Waals surface area contributed by atoms with Crippen LogP contribution in [-0.4, -0.2) is 8.42 Å². The van der Waals surface area contributed by atoms with Gasteiger partial charge in [-0.2, -0.15) is 0 Å². The van der Waals surface area contributed by atoms with Gasteiger partial charge in [-0.1, -0.05) is 11.6 Å². The summed E-state index contributed by atoms with van der Waals surface area (Å²) in [4.78, 5) is -0.365. The lowest BCUT2D eigenvalue weighted by Crippen LogP contribution is -1.98.